The topological polar surface area (TPSA) is 72.2 Å². The highest BCUT2D eigenvalue weighted by Gasteiger charge is 2.15. The van der Waals surface area contributed by atoms with Crippen LogP contribution in [0.2, 0.25) is 5.02 Å². The Labute approximate surface area is 127 Å². The predicted molar refractivity (Wildman–Crippen MR) is 79.8 cm³/mol. The Balaban J connectivity index is 2.18. The largest absolute Gasteiger partial charge is 0.326 e. The zero-order chi connectivity index (χ0) is 15.5. The van der Waals surface area contributed by atoms with Gasteiger partial charge in [-0.1, -0.05) is 23.7 Å². The highest BCUT2D eigenvalue weighted by molar-refractivity contribution is 7.89. The first-order chi connectivity index (χ1) is 9.92. The van der Waals surface area contributed by atoms with E-state index < -0.39 is 15.8 Å². The maximum Gasteiger partial charge on any atom is 0.240 e. The van der Waals surface area contributed by atoms with Gasteiger partial charge in [0.05, 0.1) is 4.90 Å². The van der Waals surface area contributed by atoms with Gasteiger partial charge >= 0.3 is 0 Å². The third-order valence-corrected chi connectivity index (χ3v) is 4.67. The lowest BCUT2D eigenvalue weighted by molar-refractivity contribution is 0.580. The summed E-state index contributed by atoms with van der Waals surface area (Å²) < 4.78 is 39.8. The normalized spacial score (nSPS) is 11.6. The van der Waals surface area contributed by atoms with Crippen LogP contribution in [0.4, 0.5) is 4.39 Å². The number of rotatable bonds is 5. The van der Waals surface area contributed by atoms with Crippen molar-refractivity contribution in [1.82, 2.24) is 4.72 Å². The van der Waals surface area contributed by atoms with Crippen molar-refractivity contribution in [1.29, 1.82) is 0 Å². The van der Waals surface area contributed by atoms with Gasteiger partial charge in [-0.25, -0.2) is 17.5 Å². The lowest BCUT2D eigenvalue weighted by Crippen LogP contribution is -2.23. The first-order valence-electron chi connectivity index (χ1n) is 6.15. The van der Waals surface area contributed by atoms with Crippen molar-refractivity contribution in [2.24, 2.45) is 5.73 Å². The average molecular weight is 329 g/mol. The zero-order valence-corrected chi connectivity index (χ0v) is 12.6. The molecule has 3 N–H and O–H groups in total. The number of halogens is 2. The summed E-state index contributed by atoms with van der Waals surface area (Å²) in [6.45, 7) is 0.146. The lowest BCUT2D eigenvalue weighted by atomic mass is 10.2. The Morgan fingerprint density at radius 3 is 2.62 bits per heavy atom. The van der Waals surface area contributed by atoms with Crippen LogP contribution < -0.4 is 10.5 Å². The Bertz CT molecular complexity index is 750. The fourth-order valence-electron chi connectivity index (χ4n) is 1.78. The number of benzene rings is 2. The molecule has 0 saturated heterocycles. The molecule has 0 unspecified atom stereocenters. The smallest absolute Gasteiger partial charge is 0.240 e. The monoisotopic (exact) mass is 328 g/mol. The molecule has 0 aliphatic carbocycles. The van der Waals surface area contributed by atoms with Crippen molar-refractivity contribution in [3.63, 3.8) is 0 Å². The Kier molecular flexibility index (Phi) is 4.95. The number of hydrogen-bond donors (Lipinski definition) is 2. The van der Waals surface area contributed by atoms with E-state index in [9.17, 15) is 12.8 Å². The summed E-state index contributed by atoms with van der Waals surface area (Å²) in [6.07, 6.45) is 0. The summed E-state index contributed by atoms with van der Waals surface area (Å²) in [6, 6.07) is 10.0. The molecule has 0 heterocycles. The van der Waals surface area contributed by atoms with Gasteiger partial charge in [-0.05, 0) is 41.5 Å². The standard InChI is InChI=1S/C14H14ClFN2O2S/c15-14-5-4-13(7-11(14)8-17)21(19,20)18-9-10-2-1-3-12(16)6-10/h1-7,18H,8-9,17H2. The third kappa shape index (κ3) is 4.01. The minimum Gasteiger partial charge on any atom is -0.326 e. The molecule has 0 aromatic heterocycles. The average Bonchev–Trinajstić information content (AvgIpc) is 2.46. The second kappa shape index (κ2) is 6.53. The highest BCUT2D eigenvalue weighted by Crippen LogP contribution is 2.20. The van der Waals surface area contributed by atoms with Gasteiger partial charge in [-0.3, -0.25) is 0 Å². The molecule has 0 aliphatic rings. The van der Waals surface area contributed by atoms with E-state index in [1.807, 2.05) is 0 Å². The molecule has 0 aliphatic heterocycles. The minimum absolute atomic E-state index is 0.000673. The summed E-state index contributed by atoms with van der Waals surface area (Å²) >= 11 is 5.90. The molecule has 0 spiro atoms. The van der Waals surface area contributed by atoms with Gasteiger partial charge in [0, 0.05) is 18.1 Å². The fourth-order valence-corrected chi connectivity index (χ4v) is 3.05. The summed E-state index contributed by atoms with van der Waals surface area (Å²) in [7, 11) is -3.71. The number of hydrogen-bond acceptors (Lipinski definition) is 3. The molecular weight excluding hydrogens is 315 g/mol. The van der Waals surface area contributed by atoms with Gasteiger partial charge < -0.3 is 5.73 Å². The van der Waals surface area contributed by atoms with E-state index in [-0.39, 0.29) is 18.0 Å². The quantitative estimate of drug-likeness (QED) is 0.885. The molecule has 0 atom stereocenters. The molecule has 2 rings (SSSR count). The van der Waals surface area contributed by atoms with Crippen molar-refractivity contribution in [2.45, 2.75) is 18.0 Å². The summed E-state index contributed by atoms with van der Waals surface area (Å²) in [5.74, 6) is -0.413. The predicted octanol–water partition coefficient (Wildman–Crippen LogP) is 2.42. The molecule has 0 bridgehead atoms. The Morgan fingerprint density at radius 2 is 1.95 bits per heavy atom. The molecule has 0 radical (unpaired) electrons. The van der Waals surface area contributed by atoms with Gasteiger partial charge in [0.15, 0.2) is 0 Å². The molecule has 0 amide bonds. The van der Waals surface area contributed by atoms with E-state index in [2.05, 4.69) is 4.72 Å². The number of nitrogens with two attached hydrogens (primary N) is 1. The van der Waals surface area contributed by atoms with E-state index in [0.29, 0.717) is 16.1 Å². The zero-order valence-electron chi connectivity index (χ0n) is 11.0. The lowest BCUT2D eigenvalue weighted by Gasteiger charge is -2.09. The van der Waals surface area contributed by atoms with Gasteiger partial charge in [-0.2, -0.15) is 0 Å². The van der Waals surface area contributed by atoms with Gasteiger partial charge in [0.2, 0.25) is 10.0 Å². The third-order valence-electron chi connectivity index (χ3n) is 2.90. The second-order valence-electron chi connectivity index (χ2n) is 4.41. The maximum atomic E-state index is 13.0. The summed E-state index contributed by atoms with van der Waals surface area (Å²) in [5.41, 5.74) is 6.58. The maximum absolute atomic E-state index is 13.0. The fraction of sp³-hybridized carbons (Fsp3) is 0.143. The van der Waals surface area contributed by atoms with Crippen LogP contribution in [0, 0.1) is 5.82 Å². The SMILES string of the molecule is NCc1cc(S(=O)(=O)NCc2cccc(F)c2)ccc1Cl. The first-order valence-corrected chi connectivity index (χ1v) is 8.01. The van der Waals surface area contributed by atoms with E-state index >= 15 is 0 Å². The van der Waals surface area contributed by atoms with Crippen LogP contribution in [-0.4, -0.2) is 8.42 Å². The number of nitrogens with one attached hydrogen (secondary N) is 1. The summed E-state index contributed by atoms with van der Waals surface area (Å²) in [5, 5.41) is 0.418. The van der Waals surface area contributed by atoms with Crippen molar-refractivity contribution in [3.05, 3.63) is 64.4 Å². The van der Waals surface area contributed by atoms with Crippen molar-refractivity contribution in [2.75, 3.05) is 0 Å². The summed E-state index contributed by atoms with van der Waals surface area (Å²) in [4.78, 5) is 0.0729. The van der Waals surface area contributed by atoms with Crippen LogP contribution in [0.5, 0.6) is 0 Å². The van der Waals surface area contributed by atoms with Crippen molar-refractivity contribution in [3.8, 4) is 0 Å². The van der Waals surface area contributed by atoms with Crippen LogP contribution in [0.15, 0.2) is 47.4 Å². The Morgan fingerprint density at radius 1 is 1.19 bits per heavy atom. The molecule has 112 valence electrons. The van der Waals surface area contributed by atoms with Crippen LogP contribution in [0.3, 0.4) is 0 Å². The minimum atomic E-state index is -3.71. The van der Waals surface area contributed by atoms with Gasteiger partial charge in [0.25, 0.3) is 0 Å². The molecule has 0 saturated carbocycles. The van der Waals surface area contributed by atoms with E-state index in [1.165, 1.54) is 36.4 Å². The van der Waals surface area contributed by atoms with Gasteiger partial charge in [0.1, 0.15) is 5.82 Å². The van der Waals surface area contributed by atoms with E-state index in [0.717, 1.165) is 0 Å². The van der Waals surface area contributed by atoms with E-state index in [1.54, 1.807) is 6.07 Å². The second-order valence-corrected chi connectivity index (χ2v) is 6.59. The van der Waals surface area contributed by atoms with Crippen molar-refractivity contribution >= 4 is 21.6 Å². The van der Waals surface area contributed by atoms with Gasteiger partial charge in [-0.15, -0.1) is 0 Å². The van der Waals surface area contributed by atoms with E-state index in [4.69, 9.17) is 17.3 Å². The van der Waals surface area contributed by atoms with Crippen LogP contribution in [-0.2, 0) is 23.1 Å². The van der Waals surface area contributed by atoms with Crippen molar-refractivity contribution < 1.29 is 12.8 Å². The molecule has 21 heavy (non-hydrogen) atoms. The molecule has 0 fully saturated rings. The molecular formula is C14H14ClFN2O2S. The first kappa shape index (κ1) is 15.9. The molecule has 4 nitrogen and oxygen atoms in total. The highest BCUT2D eigenvalue weighted by atomic mass is 35.5. The van der Waals surface area contributed by atoms with Crippen LogP contribution in [0.25, 0.3) is 0 Å². The van der Waals surface area contributed by atoms with Crippen LogP contribution >= 0.6 is 11.6 Å². The molecule has 7 heteroatoms. The Hall–Kier alpha value is -1.47. The molecule has 2 aromatic rings. The van der Waals surface area contributed by atoms with Crippen LogP contribution in [0.1, 0.15) is 11.1 Å². The molecule has 2 aromatic carbocycles. The number of sulfonamides is 1.